The first-order chi connectivity index (χ1) is 11.7. The minimum absolute atomic E-state index is 0.235. The van der Waals surface area contributed by atoms with Crippen LogP contribution in [0.4, 0.5) is 11.5 Å². The Morgan fingerprint density at radius 2 is 2.12 bits per heavy atom. The van der Waals surface area contributed by atoms with Crippen molar-refractivity contribution in [3.63, 3.8) is 0 Å². The second kappa shape index (κ2) is 8.98. The van der Waals surface area contributed by atoms with E-state index in [0.717, 1.165) is 36.2 Å². The number of hydrogen-bond acceptors (Lipinski definition) is 5. The molecule has 0 bridgehead atoms. The minimum Gasteiger partial charge on any atom is -0.385 e. The number of amides is 1. The Labute approximate surface area is 142 Å². The summed E-state index contributed by atoms with van der Waals surface area (Å²) in [7, 11) is 1.67. The van der Waals surface area contributed by atoms with Crippen molar-refractivity contribution in [2.75, 3.05) is 30.9 Å². The molecule has 2 aromatic rings. The Kier molecular flexibility index (Phi) is 6.69. The van der Waals surface area contributed by atoms with Gasteiger partial charge >= 0.3 is 0 Å². The standard InChI is InChI=1S/C18H24N4O2/c1-4-14-8-5-7-13(2)17(14)22-18(23)15-11-16(21-12-20-15)19-9-6-10-24-3/h5,7-8,11-12H,4,6,9-10H2,1-3H3,(H,22,23)(H,19,20,21). The number of carbonyl (C=O) groups is 1. The Morgan fingerprint density at radius 1 is 1.29 bits per heavy atom. The molecule has 6 heteroatoms. The lowest BCUT2D eigenvalue weighted by Gasteiger charge is -2.13. The molecule has 2 N–H and O–H groups in total. The summed E-state index contributed by atoms with van der Waals surface area (Å²) in [5.41, 5.74) is 3.34. The van der Waals surface area contributed by atoms with Crippen LogP contribution in [0.3, 0.4) is 0 Å². The Bertz CT molecular complexity index is 688. The highest BCUT2D eigenvalue weighted by Gasteiger charge is 2.12. The van der Waals surface area contributed by atoms with Crippen molar-refractivity contribution in [3.8, 4) is 0 Å². The number of rotatable bonds is 8. The number of aromatic nitrogens is 2. The number of carbonyl (C=O) groups excluding carboxylic acids is 1. The number of para-hydroxylation sites is 1. The van der Waals surface area contributed by atoms with E-state index in [2.05, 4.69) is 27.5 Å². The third-order valence-electron chi connectivity index (χ3n) is 3.71. The van der Waals surface area contributed by atoms with E-state index in [4.69, 9.17) is 4.74 Å². The van der Waals surface area contributed by atoms with Crippen LogP contribution in [0.1, 0.15) is 35.0 Å². The van der Waals surface area contributed by atoms with Crippen LogP contribution in [-0.2, 0) is 11.2 Å². The summed E-state index contributed by atoms with van der Waals surface area (Å²) in [5, 5.41) is 6.13. The minimum atomic E-state index is -0.235. The Morgan fingerprint density at radius 3 is 2.88 bits per heavy atom. The van der Waals surface area contributed by atoms with Crippen molar-refractivity contribution in [2.24, 2.45) is 0 Å². The molecule has 0 aliphatic rings. The molecule has 0 saturated heterocycles. The zero-order valence-electron chi connectivity index (χ0n) is 14.4. The van der Waals surface area contributed by atoms with Crippen LogP contribution in [0.5, 0.6) is 0 Å². The molecule has 0 unspecified atom stereocenters. The van der Waals surface area contributed by atoms with E-state index >= 15 is 0 Å². The molecule has 0 aliphatic carbocycles. The molecule has 0 fully saturated rings. The largest absolute Gasteiger partial charge is 0.385 e. The highest BCUT2D eigenvalue weighted by Crippen LogP contribution is 2.21. The number of methoxy groups -OCH3 is 1. The van der Waals surface area contributed by atoms with Gasteiger partial charge in [-0.25, -0.2) is 9.97 Å². The molecule has 0 aliphatic heterocycles. The third kappa shape index (κ3) is 4.76. The lowest BCUT2D eigenvalue weighted by Crippen LogP contribution is -2.16. The molecular formula is C18H24N4O2. The zero-order valence-corrected chi connectivity index (χ0v) is 14.4. The zero-order chi connectivity index (χ0) is 17.4. The van der Waals surface area contributed by atoms with Gasteiger partial charge in [-0.3, -0.25) is 4.79 Å². The number of benzene rings is 1. The van der Waals surface area contributed by atoms with Gasteiger partial charge in [0.15, 0.2) is 0 Å². The van der Waals surface area contributed by atoms with Crippen LogP contribution in [0.15, 0.2) is 30.6 Å². The van der Waals surface area contributed by atoms with E-state index in [1.165, 1.54) is 6.33 Å². The number of aryl methyl sites for hydroxylation is 2. The van der Waals surface area contributed by atoms with Gasteiger partial charge in [0, 0.05) is 32.0 Å². The number of ether oxygens (including phenoxy) is 1. The maximum absolute atomic E-state index is 12.5. The molecule has 1 aromatic carbocycles. The summed E-state index contributed by atoms with van der Waals surface area (Å²) in [5.74, 6) is 0.396. The fraction of sp³-hybridized carbons (Fsp3) is 0.389. The maximum atomic E-state index is 12.5. The van der Waals surface area contributed by atoms with E-state index in [1.54, 1.807) is 13.2 Å². The van der Waals surface area contributed by atoms with E-state index in [9.17, 15) is 4.79 Å². The van der Waals surface area contributed by atoms with Crippen molar-refractivity contribution in [2.45, 2.75) is 26.7 Å². The first-order valence-corrected chi connectivity index (χ1v) is 8.10. The topological polar surface area (TPSA) is 76.1 Å². The van der Waals surface area contributed by atoms with Gasteiger partial charge in [0.25, 0.3) is 5.91 Å². The molecule has 1 amide bonds. The number of nitrogens with one attached hydrogen (secondary N) is 2. The summed E-state index contributed by atoms with van der Waals surface area (Å²) in [6.45, 7) is 5.46. The van der Waals surface area contributed by atoms with Crippen LogP contribution in [0, 0.1) is 6.92 Å². The van der Waals surface area contributed by atoms with Crippen LogP contribution in [0.2, 0.25) is 0 Å². The molecule has 0 spiro atoms. The van der Waals surface area contributed by atoms with Gasteiger partial charge < -0.3 is 15.4 Å². The molecule has 128 valence electrons. The molecule has 0 radical (unpaired) electrons. The first kappa shape index (κ1) is 17.9. The molecule has 0 saturated carbocycles. The number of hydrogen-bond donors (Lipinski definition) is 2. The summed E-state index contributed by atoms with van der Waals surface area (Å²) in [6.07, 6.45) is 3.12. The lowest BCUT2D eigenvalue weighted by molar-refractivity contribution is 0.102. The van der Waals surface area contributed by atoms with E-state index in [1.807, 2.05) is 25.1 Å². The van der Waals surface area contributed by atoms with Gasteiger partial charge in [0.05, 0.1) is 0 Å². The highest BCUT2D eigenvalue weighted by atomic mass is 16.5. The van der Waals surface area contributed by atoms with Gasteiger partial charge in [-0.15, -0.1) is 0 Å². The average Bonchev–Trinajstić information content (AvgIpc) is 2.60. The molecular weight excluding hydrogens is 304 g/mol. The summed E-state index contributed by atoms with van der Waals surface area (Å²) in [6, 6.07) is 7.66. The smallest absolute Gasteiger partial charge is 0.274 e. The first-order valence-electron chi connectivity index (χ1n) is 8.10. The van der Waals surface area contributed by atoms with Crippen LogP contribution in [-0.4, -0.2) is 36.1 Å². The molecule has 0 atom stereocenters. The Balaban J connectivity index is 2.08. The van der Waals surface area contributed by atoms with Crippen molar-refractivity contribution >= 4 is 17.4 Å². The van der Waals surface area contributed by atoms with Crippen LogP contribution >= 0.6 is 0 Å². The molecule has 24 heavy (non-hydrogen) atoms. The van der Waals surface area contributed by atoms with Crippen molar-refractivity contribution < 1.29 is 9.53 Å². The molecule has 2 rings (SSSR count). The van der Waals surface area contributed by atoms with Crippen LogP contribution < -0.4 is 10.6 Å². The van der Waals surface area contributed by atoms with Crippen molar-refractivity contribution in [1.82, 2.24) is 9.97 Å². The number of anilines is 2. The highest BCUT2D eigenvalue weighted by molar-refractivity contribution is 6.04. The van der Waals surface area contributed by atoms with Gasteiger partial charge in [-0.05, 0) is 30.9 Å². The molecule has 6 nitrogen and oxygen atoms in total. The second-order valence-corrected chi connectivity index (χ2v) is 5.48. The third-order valence-corrected chi connectivity index (χ3v) is 3.71. The fourth-order valence-corrected chi connectivity index (χ4v) is 2.39. The molecule has 1 heterocycles. The summed E-state index contributed by atoms with van der Waals surface area (Å²) < 4.78 is 5.00. The van der Waals surface area contributed by atoms with Gasteiger partial charge in [0.2, 0.25) is 0 Å². The van der Waals surface area contributed by atoms with Crippen LogP contribution in [0.25, 0.3) is 0 Å². The average molecular weight is 328 g/mol. The van der Waals surface area contributed by atoms with Gasteiger partial charge in [0.1, 0.15) is 17.8 Å². The summed E-state index contributed by atoms with van der Waals surface area (Å²) in [4.78, 5) is 20.7. The normalized spacial score (nSPS) is 10.5. The second-order valence-electron chi connectivity index (χ2n) is 5.48. The summed E-state index contributed by atoms with van der Waals surface area (Å²) >= 11 is 0. The monoisotopic (exact) mass is 328 g/mol. The van der Waals surface area contributed by atoms with Crippen molar-refractivity contribution in [3.05, 3.63) is 47.4 Å². The lowest BCUT2D eigenvalue weighted by atomic mass is 10.1. The quantitative estimate of drug-likeness (QED) is 0.728. The van der Waals surface area contributed by atoms with E-state index in [-0.39, 0.29) is 5.91 Å². The Hall–Kier alpha value is -2.47. The van der Waals surface area contributed by atoms with Gasteiger partial charge in [-0.1, -0.05) is 25.1 Å². The SMILES string of the molecule is CCc1cccc(C)c1NC(=O)c1cc(NCCCOC)ncn1. The predicted molar refractivity (Wildman–Crippen MR) is 95.5 cm³/mol. The maximum Gasteiger partial charge on any atom is 0.274 e. The van der Waals surface area contributed by atoms with Crippen molar-refractivity contribution in [1.29, 1.82) is 0 Å². The number of nitrogens with zero attached hydrogens (tertiary/aromatic N) is 2. The van der Waals surface area contributed by atoms with Gasteiger partial charge in [-0.2, -0.15) is 0 Å². The molecule has 1 aromatic heterocycles. The fourth-order valence-electron chi connectivity index (χ4n) is 2.39. The van der Waals surface area contributed by atoms with E-state index < -0.39 is 0 Å². The van der Waals surface area contributed by atoms with E-state index in [0.29, 0.717) is 18.1 Å². The predicted octanol–water partition coefficient (Wildman–Crippen LogP) is 3.05.